The Labute approximate surface area is 97.7 Å². The Balaban J connectivity index is 1.84. The average Bonchev–Trinajstić information content (AvgIpc) is 2.38. The third-order valence-electron chi connectivity index (χ3n) is 3.11. The number of rotatable bonds is 3. The Kier molecular flexibility index (Phi) is 3.85. The fraction of sp³-hybridized carbons (Fsp3) is 0.429. The van der Waals surface area contributed by atoms with E-state index in [0.717, 1.165) is 13.1 Å². The van der Waals surface area contributed by atoms with Gasteiger partial charge in [-0.1, -0.05) is 24.1 Å². The fourth-order valence-electron chi connectivity index (χ4n) is 2.18. The number of piperidine rings is 1. The van der Waals surface area contributed by atoms with Gasteiger partial charge >= 0.3 is 0 Å². The number of para-hydroxylation sites is 1. The lowest BCUT2D eigenvalue weighted by Gasteiger charge is -2.33. The SMILES string of the molecule is C#CCNC1CCN(c2ccccc2)CC1. The van der Waals surface area contributed by atoms with Crippen LogP contribution in [0.3, 0.4) is 0 Å². The Morgan fingerprint density at radius 1 is 1.25 bits per heavy atom. The van der Waals surface area contributed by atoms with Crippen molar-refractivity contribution in [3.63, 3.8) is 0 Å². The molecule has 1 aliphatic heterocycles. The van der Waals surface area contributed by atoms with Crippen LogP contribution in [0.1, 0.15) is 12.8 Å². The van der Waals surface area contributed by atoms with Crippen molar-refractivity contribution < 1.29 is 0 Å². The van der Waals surface area contributed by atoms with Gasteiger partial charge in [0.2, 0.25) is 0 Å². The van der Waals surface area contributed by atoms with E-state index in [2.05, 4.69) is 46.5 Å². The van der Waals surface area contributed by atoms with Gasteiger partial charge in [-0.3, -0.25) is 0 Å². The third kappa shape index (κ3) is 2.77. The monoisotopic (exact) mass is 214 g/mol. The molecule has 1 saturated heterocycles. The van der Waals surface area contributed by atoms with Crippen LogP contribution >= 0.6 is 0 Å². The quantitative estimate of drug-likeness (QED) is 0.773. The van der Waals surface area contributed by atoms with Gasteiger partial charge in [0.25, 0.3) is 0 Å². The third-order valence-corrected chi connectivity index (χ3v) is 3.11. The minimum Gasteiger partial charge on any atom is -0.371 e. The van der Waals surface area contributed by atoms with Crippen LogP contribution in [0.4, 0.5) is 5.69 Å². The molecule has 2 rings (SSSR count). The normalized spacial score (nSPS) is 17.1. The van der Waals surface area contributed by atoms with Crippen molar-refractivity contribution >= 4 is 5.69 Å². The molecule has 2 nitrogen and oxygen atoms in total. The van der Waals surface area contributed by atoms with E-state index < -0.39 is 0 Å². The molecule has 0 saturated carbocycles. The van der Waals surface area contributed by atoms with Gasteiger partial charge in [-0.25, -0.2) is 0 Å². The van der Waals surface area contributed by atoms with E-state index in [1.807, 2.05) is 0 Å². The molecule has 1 aliphatic rings. The van der Waals surface area contributed by atoms with Crippen molar-refractivity contribution in [2.75, 3.05) is 24.5 Å². The van der Waals surface area contributed by atoms with Crippen LogP contribution in [-0.2, 0) is 0 Å². The highest BCUT2D eigenvalue weighted by Gasteiger charge is 2.18. The molecule has 0 aliphatic carbocycles. The molecule has 0 atom stereocenters. The van der Waals surface area contributed by atoms with Crippen molar-refractivity contribution in [3.8, 4) is 12.3 Å². The predicted octanol–water partition coefficient (Wildman–Crippen LogP) is 1.88. The zero-order valence-corrected chi connectivity index (χ0v) is 9.52. The Hall–Kier alpha value is -1.46. The van der Waals surface area contributed by atoms with Crippen LogP contribution < -0.4 is 10.2 Å². The van der Waals surface area contributed by atoms with Gasteiger partial charge in [0, 0.05) is 24.8 Å². The highest BCUT2D eigenvalue weighted by molar-refractivity contribution is 5.46. The molecule has 1 heterocycles. The number of anilines is 1. The number of terminal acetylenes is 1. The van der Waals surface area contributed by atoms with Crippen LogP contribution in [0, 0.1) is 12.3 Å². The van der Waals surface area contributed by atoms with E-state index in [1.165, 1.54) is 18.5 Å². The second-order valence-electron chi connectivity index (χ2n) is 4.18. The first-order chi connectivity index (χ1) is 7.90. The topological polar surface area (TPSA) is 15.3 Å². The number of hydrogen-bond acceptors (Lipinski definition) is 2. The average molecular weight is 214 g/mol. The first kappa shape index (κ1) is 11.0. The molecule has 1 aromatic carbocycles. The van der Waals surface area contributed by atoms with Crippen LogP contribution in [0.15, 0.2) is 30.3 Å². The van der Waals surface area contributed by atoms with E-state index in [1.54, 1.807) is 0 Å². The molecule has 0 spiro atoms. The summed E-state index contributed by atoms with van der Waals surface area (Å²) in [5.74, 6) is 2.63. The van der Waals surface area contributed by atoms with Crippen molar-refractivity contribution in [1.82, 2.24) is 5.32 Å². The molecule has 1 N–H and O–H groups in total. The zero-order valence-electron chi connectivity index (χ0n) is 9.52. The molecule has 16 heavy (non-hydrogen) atoms. The summed E-state index contributed by atoms with van der Waals surface area (Å²) in [4.78, 5) is 2.44. The van der Waals surface area contributed by atoms with Gasteiger partial charge in [-0.05, 0) is 25.0 Å². The van der Waals surface area contributed by atoms with Crippen molar-refractivity contribution in [2.45, 2.75) is 18.9 Å². The highest BCUT2D eigenvalue weighted by atomic mass is 15.1. The molecule has 0 radical (unpaired) electrons. The summed E-state index contributed by atoms with van der Waals surface area (Å²) in [6.45, 7) is 2.93. The second-order valence-corrected chi connectivity index (χ2v) is 4.18. The summed E-state index contributed by atoms with van der Waals surface area (Å²) in [5.41, 5.74) is 1.33. The maximum atomic E-state index is 5.24. The van der Waals surface area contributed by atoms with Gasteiger partial charge in [0.15, 0.2) is 0 Å². The number of benzene rings is 1. The molecule has 0 aromatic heterocycles. The van der Waals surface area contributed by atoms with E-state index in [-0.39, 0.29) is 0 Å². The molecule has 0 unspecified atom stereocenters. The lowest BCUT2D eigenvalue weighted by atomic mass is 10.0. The summed E-state index contributed by atoms with van der Waals surface area (Å²) in [6.07, 6.45) is 7.60. The van der Waals surface area contributed by atoms with Crippen LogP contribution in [0.5, 0.6) is 0 Å². The summed E-state index contributed by atoms with van der Waals surface area (Å²) in [5, 5.41) is 3.38. The van der Waals surface area contributed by atoms with Gasteiger partial charge in [0.1, 0.15) is 0 Å². The van der Waals surface area contributed by atoms with E-state index in [4.69, 9.17) is 6.42 Å². The lowest BCUT2D eigenvalue weighted by Crippen LogP contribution is -2.42. The van der Waals surface area contributed by atoms with Gasteiger partial charge in [0.05, 0.1) is 6.54 Å². The molecule has 84 valence electrons. The van der Waals surface area contributed by atoms with Crippen LogP contribution in [-0.4, -0.2) is 25.7 Å². The second kappa shape index (κ2) is 5.58. The summed E-state index contributed by atoms with van der Waals surface area (Å²) in [6, 6.07) is 11.2. The molecule has 2 heteroatoms. The van der Waals surface area contributed by atoms with Gasteiger partial charge < -0.3 is 10.2 Å². The first-order valence-corrected chi connectivity index (χ1v) is 5.87. The number of hydrogen-bond donors (Lipinski definition) is 1. The van der Waals surface area contributed by atoms with Crippen molar-refractivity contribution in [1.29, 1.82) is 0 Å². The first-order valence-electron chi connectivity index (χ1n) is 5.87. The standard InChI is InChI=1S/C14H18N2/c1-2-10-15-13-8-11-16(12-9-13)14-6-4-3-5-7-14/h1,3-7,13,15H,8-12H2. The minimum absolute atomic E-state index is 0.594. The number of nitrogens with one attached hydrogen (secondary N) is 1. The molecular formula is C14H18N2. The summed E-state index contributed by atoms with van der Waals surface area (Å²) in [7, 11) is 0. The Bertz CT molecular complexity index is 345. The fourth-order valence-corrected chi connectivity index (χ4v) is 2.18. The molecule has 0 bridgehead atoms. The Morgan fingerprint density at radius 3 is 2.56 bits per heavy atom. The summed E-state index contributed by atoms with van der Waals surface area (Å²) < 4.78 is 0. The van der Waals surface area contributed by atoms with Gasteiger partial charge in [-0.15, -0.1) is 6.42 Å². The number of nitrogens with zero attached hydrogens (tertiary/aromatic N) is 1. The smallest absolute Gasteiger partial charge is 0.0575 e. The van der Waals surface area contributed by atoms with Gasteiger partial charge in [-0.2, -0.15) is 0 Å². The highest BCUT2D eigenvalue weighted by Crippen LogP contribution is 2.19. The largest absolute Gasteiger partial charge is 0.371 e. The zero-order chi connectivity index (χ0) is 11.2. The molecule has 0 amide bonds. The van der Waals surface area contributed by atoms with Crippen LogP contribution in [0.2, 0.25) is 0 Å². The Morgan fingerprint density at radius 2 is 1.94 bits per heavy atom. The van der Waals surface area contributed by atoms with E-state index in [9.17, 15) is 0 Å². The van der Waals surface area contributed by atoms with Crippen LogP contribution in [0.25, 0.3) is 0 Å². The van der Waals surface area contributed by atoms with E-state index >= 15 is 0 Å². The maximum Gasteiger partial charge on any atom is 0.0575 e. The molecule has 1 aromatic rings. The maximum absolute atomic E-state index is 5.24. The molecule has 1 fully saturated rings. The lowest BCUT2D eigenvalue weighted by molar-refractivity contribution is 0.432. The summed E-state index contributed by atoms with van der Waals surface area (Å²) >= 11 is 0. The van der Waals surface area contributed by atoms with E-state index in [0.29, 0.717) is 12.6 Å². The van der Waals surface area contributed by atoms with Crippen molar-refractivity contribution in [2.24, 2.45) is 0 Å². The predicted molar refractivity (Wildman–Crippen MR) is 68.5 cm³/mol. The van der Waals surface area contributed by atoms with Crippen molar-refractivity contribution in [3.05, 3.63) is 30.3 Å². The molecular weight excluding hydrogens is 196 g/mol. The minimum atomic E-state index is 0.594.